The zero-order valence-electron chi connectivity index (χ0n) is 22.9. The molecule has 1 aliphatic heterocycles. The van der Waals surface area contributed by atoms with Gasteiger partial charge in [0.2, 0.25) is 0 Å². The number of rotatable bonds is 9. The summed E-state index contributed by atoms with van der Waals surface area (Å²) in [5.74, 6) is -0.00341. The molecule has 1 saturated heterocycles. The van der Waals surface area contributed by atoms with Crippen LogP contribution in [0.25, 0.3) is 11.0 Å². The molecule has 1 amide bonds. The minimum atomic E-state index is -3.20. The van der Waals surface area contributed by atoms with Crippen LogP contribution in [0.2, 0.25) is 5.02 Å². The van der Waals surface area contributed by atoms with Crippen LogP contribution >= 0.6 is 11.6 Å². The molecule has 0 aliphatic carbocycles. The van der Waals surface area contributed by atoms with Crippen LogP contribution in [0.3, 0.4) is 0 Å². The quantitative estimate of drug-likeness (QED) is 0.267. The average Bonchev–Trinajstić information content (AvgIpc) is 3.17. The fourth-order valence-corrected chi connectivity index (χ4v) is 5.33. The van der Waals surface area contributed by atoms with Crippen molar-refractivity contribution in [1.82, 2.24) is 14.9 Å². The Morgan fingerprint density at radius 2 is 1.85 bits per heavy atom. The molecule has 2 aromatic heterocycles. The van der Waals surface area contributed by atoms with Gasteiger partial charge < -0.3 is 24.4 Å². The number of carbonyl (C=O) groups excluding carboxylic acids is 1. The average molecular weight is 568 g/mol. The largest absolute Gasteiger partial charge is 0.433 e. The van der Waals surface area contributed by atoms with E-state index in [2.05, 4.69) is 44.0 Å². The highest BCUT2D eigenvalue weighted by Crippen LogP contribution is 2.30. The zero-order valence-corrected chi connectivity index (χ0v) is 23.7. The second kappa shape index (κ2) is 11.0. The first-order chi connectivity index (χ1) is 19.0. The number of nitrogens with zero attached hydrogens (tertiary/aromatic N) is 4. The number of aryl methyl sites for hydroxylation is 1. The molecule has 5 rings (SSSR count). The number of benzene rings is 2. The number of halogens is 3. The lowest BCUT2D eigenvalue weighted by Crippen LogP contribution is -2.58. The molecule has 2 aromatic carbocycles. The summed E-state index contributed by atoms with van der Waals surface area (Å²) in [7, 11) is 3.97. The zero-order chi connectivity index (χ0) is 28.6. The number of carbonyl (C=O) groups is 1. The van der Waals surface area contributed by atoms with Crippen molar-refractivity contribution in [3.63, 3.8) is 0 Å². The number of nitrogens with one attached hydrogen (secondary N) is 1. The summed E-state index contributed by atoms with van der Waals surface area (Å²) in [4.78, 5) is 22.1. The van der Waals surface area contributed by atoms with Crippen LogP contribution in [0.5, 0.6) is 5.75 Å². The van der Waals surface area contributed by atoms with Gasteiger partial charge in [0.25, 0.3) is 5.91 Å². The van der Waals surface area contributed by atoms with E-state index in [9.17, 15) is 13.6 Å². The van der Waals surface area contributed by atoms with Crippen molar-refractivity contribution >= 4 is 39.9 Å². The fraction of sp³-hybridized carbons (Fsp3) is 0.333. The maximum Gasteiger partial charge on any atom is 0.394 e. The van der Waals surface area contributed by atoms with E-state index in [1.165, 1.54) is 0 Å². The molecule has 7 nitrogen and oxygen atoms in total. The summed E-state index contributed by atoms with van der Waals surface area (Å²) in [5, 5.41) is 4.30. The molecular formula is C30H32ClF2N5O2. The fourth-order valence-electron chi connectivity index (χ4n) is 5.18. The van der Waals surface area contributed by atoms with Crippen LogP contribution in [-0.2, 0) is 20.0 Å². The van der Waals surface area contributed by atoms with Gasteiger partial charge in [-0.2, -0.15) is 8.78 Å². The van der Waals surface area contributed by atoms with Crippen LogP contribution in [0.4, 0.5) is 20.2 Å². The van der Waals surface area contributed by atoms with Crippen LogP contribution in [0, 0.1) is 0 Å². The van der Waals surface area contributed by atoms with Gasteiger partial charge in [0, 0.05) is 69.3 Å². The molecule has 40 heavy (non-hydrogen) atoms. The van der Waals surface area contributed by atoms with Crippen LogP contribution in [-0.4, -0.2) is 47.7 Å². The van der Waals surface area contributed by atoms with Gasteiger partial charge in [0.05, 0.1) is 16.6 Å². The Kier molecular flexibility index (Phi) is 7.59. The van der Waals surface area contributed by atoms with E-state index in [0.717, 1.165) is 53.7 Å². The molecule has 10 heteroatoms. The number of hydrogen-bond donors (Lipinski definition) is 1. The van der Waals surface area contributed by atoms with Crippen molar-refractivity contribution in [2.24, 2.45) is 7.05 Å². The number of alkyl halides is 2. The number of pyridine rings is 1. The molecule has 0 bridgehead atoms. The molecule has 4 aromatic rings. The Balaban J connectivity index is 1.17. The third kappa shape index (κ3) is 5.70. The van der Waals surface area contributed by atoms with Gasteiger partial charge in [-0.15, -0.1) is 0 Å². The van der Waals surface area contributed by atoms with Crippen molar-refractivity contribution in [2.45, 2.75) is 39.0 Å². The highest BCUT2D eigenvalue weighted by molar-refractivity contribution is 6.31. The highest BCUT2D eigenvalue weighted by atomic mass is 35.5. The predicted octanol–water partition coefficient (Wildman–Crippen LogP) is 6.04. The highest BCUT2D eigenvalue weighted by Gasteiger charge is 2.31. The summed E-state index contributed by atoms with van der Waals surface area (Å²) in [6.45, 7) is 4.79. The van der Waals surface area contributed by atoms with Gasteiger partial charge in [0.1, 0.15) is 11.4 Å². The molecule has 0 saturated carbocycles. The van der Waals surface area contributed by atoms with Crippen LogP contribution in [0.1, 0.15) is 35.5 Å². The van der Waals surface area contributed by atoms with Crippen molar-refractivity contribution in [1.29, 1.82) is 0 Å². The van der Waals surface area contributed by atoms with Crippen molar-refractivity contribution in [3.8, 4) is 5.75 Å². The van der Waals surface area contributed by atoms with Gasteiger partial charge in [-0.3, -0.25) is 4.79 Å². The van der Waals surface area contributed by atoms with E-state index < -0.39 is 6.11 Å². The molecular weight excluding hydrogens is 536 g/mol. The second-order valence-corrected chi connectivity index (χ2v) is 10.6. The first-order valence-electron chi connectivity index (χ1n) is 13.2. The maximum absolute atomic E-state index is 13.2. The molecule has 0 radical (unpaired) electrons. The van der Waals surface area contributed by atoms with Gasteiger partial charge in [0.15, 0.2) is 0 Å². The van der Waals surface area contributed by atoms with E-state index in [-0.39, 0.29) is 11.7 Å². The van der Waals surface area contributed by atoms with Crippen molar-refractivity contribution in [3.05, 3.63) is 82.6 Å². The van der Waals surface area contributed by atoms with E-state index in [0.29, 0.717) is 29.6 Å². The third-order valence-corrected chi connectivity index (χ3v) is 7.59. The van der Waals surface area contributed by atoms with Crippen LogP contribution in [0.15, 0.2) is 60.8 Å². The Morgan fingerprint density at radius 3 is 2.48 bits per heavy atom. The van der Waals surface area contributed by atoms with E-state index >= 15 is 0 Å². The number of anilines is 2. The van der Waals surface area contributed by atoms with Gasteiger partial charge in [-0.1, -0.05) is 30.7 Å². The number of likely N-dealkylation sites (N-methyl/N-ethyl adjacent to an activating group) is 1. The van der Waals surface area contributed by atoms with Gasteiger partial charge in [-0.25, -0.2) is 4.98 Å². The van der Waals surface area contributed by atoms with E-state index in [1.807, 2.05) is 30.7 Å². The number of ether oxygens (including phenoxy) is 1. The minimum absolute atomic E-state index is 0.144. The number of amides is 1. The normalized spacial score (nSPS) is 13.8. The summed E-state index contributed by atoms with van der Waals surface area (Å²) < 4.78 is 32.7. The summed E-state index contributed by atoms with van der Waals surface area (Å²) in [6, 6.07) is 17.0. The van der Waals surface area contributed by atoms with Crippen molar-refractivity contribution < 1.29 is 18.3 Å². The lowest BCUT2D eigenvalue weighted by molar-refractivity contribution is -0.158. The smallest absolute Gasteiger partial charge is 0.394 e. The molecule has 210 valence electrons. The standard InChI is InChI=1S/C30H32ClF2N5O2/c1-5-26-27(25-14-20(31)16-34-28(25)37(26)4)29(39)35-15-19-6-8-21(9-7-19)36(3)23-17-38(18-23)22-10-12-24(13-11-22)40-30(2,32)33/h6-14,16,23H,5,15,17-18H2,1-4H3,(H,35,39). The lowest BCUT2D eigenvalue weighted by atomic mass is 10.0. The predicted molar refractivity (Wildman–Crippen MR) is 155 cm³/mol. The Labute approximate surface area is 237 Å². The first kappa shape index (κ1) is 27.7. The summed E-state index contributed by atoms with van der Waals surface area (Å²) >= 11 is 6.18. The van der Waals surface area contributed by atoms with Crippen LogP contribution < -0.4 is 19.9 Å². The molecule has 0 atom stereocenters. The molecule has 1 N–H and O–H groups in total. The van der Waals surface area contributed by atoms with E-state index in [4.69, 9.17) is 11.6 Å². The number of aromatic nitrogens is 2. The SMILES string of the molecule is CCc1c(C(=O)NCc2ccc(N(C)C3CN(c4ccc(OC(C)(F)F)cc4)C3)cc2)c2cc(Cl)cnc2n1C. The lowest BCUT2D eigenvalue weighted by Gasteiger charge is -2.46. The number of hydrogen-bond acceptors (Lipinski definition) is 5. The Morgan fingerprint density at radius 1 is 1.18 bits per heavy atom. The first-order valence-corrected chi connectivity index (χ1v) is 13.6. The maximum atomic E-state index is 13.2. The molecule has 0 spiro atoms. The summed E-state index contributed by atoms with van der Waals surface area (Å²) in [5.41, 5.74) is 5.32. The Hall–Kier alpha value is -3.85. The second-order valence-electron chi connectivity index (χ2n) is 10.2. The minimum Gasteiger partial charge on any atom is -0.433 e. The van der Waals surface area contributed by atoms with Gasteiger partial charge in [-0.05, 0) is 54.4 Å². The van der Waals surface area contributed by atoms with Gasteiger partial charge >= 0.3 is 6.11 Å². The monoisotopic (exact) mass is 567 g/mol. The number of fused-ring (bicyclic) bond motifs is 1. The molecule has 0 unspecified atom stereocenters. The topological polar surface area (TPSA) is 62.6 Å². The van der Waals surface area contributed by atoms with Crippen molar-refractivity contribution in [2.75, 3.05) is 29.9 Å². The Bertz CT molecular complexity index is 1510. The third-order valence-electron chi connectivity index (χ3n) is 7.38. The van der Waals surface area contributed by atoms with E-state index in [1.54, 1.807) is 36.5 Å². The molecule has 3 heterocycles. The molecule has 1 aliphatic rings. The summed E-state index contributed by atoms with van der Waals surface area (Å²) in [6.07, 6.45) is -0.907. The molecule has 1 fully saturated rings.